The van der Waals surface area contributed by atoms with Gasteiger partial charge in [-0.25, -0.2) is 0 Å². The summed E-state index contributed by atoms with van der Waals surface area (Å²) in [7, 11) is 0. The lowest BCUT2D eigenvalue weighted by Crippen LogP contribution is -2.24. The van der Waals surface area contributed by atoms with Gasteiger partial charge in [0.1, 0.15) is 12.4 Å². The third-order valence-electron chi connectivity index (χ3n) is 4.40. The van der Waals surface area contributed by atoms with Gasteiger partial charge in [0.05, 0.1) is 21.8 Å². The van der Waals surface area contributed by atoms with Crippen molar-refractivity contribution in [3.63, 3.8) is 0 Å². The van der Waals surface area contributed by atoms with Crippen molar-refractivity contribution in [1.29, 1.82) is 0 Å². The zero-order valence-corrected chi connectivity index (χ0v) is 17.3. The van der Waals surface area contributed by atoms with Crippen molar-refractivity contribution in [1.82, 2.24) is 5.32 Å². The van der Waals surface area contributed by atoms with E-state index in [9.17, 15) is 9.59 Å². The molecule has 1 saturated heterocycles. The summed E-state index contributed by atoms with van der Waals surface area (Å²) in [6.45, 7) is 3.64. The highest BCUT2D eigenvalue weighted by Gasteiger charge is 2.18. The summed E-state index contributed by atoms with van der Waals surface area (Å²) < 4.78 is 12.0. The Bertz CT molecular complexity index is 850. The summed E-state index contributed by atoms with van der Waals surface area (Å²) in [5.74, 6) is 0.135. The van der Waals surface area contributed by atoms with Crippen LogP contribution in [-0.2, 0) is 4.74 Å². The minimum absolute atomic E-state index is 0.126. The highest BCUT2D eigenvalue weighted by Crippen LogP contribution is 2.27. The standard InChI is InChI=1S/C21H23BrN2O4/c1-2-23-21(26)16-7-3-4-8-18(16)24-20(25)14-9-10-19(17(22)12-14)28-13-15-6-5-11-27-15/h3-4,7-10,12,15H,2,5-6,11,13H2,1H3,(H,23,26)(H,24,25). The molecule has 0 saturated carbocycles. The number of para-hydroxylation sites is 1. The maximum absolute atomic E-state index is 12.7. The fourth-order valence-electron chi connectivity index (χ4n) is 2.96. The normalized spacial score (nSPS) is 15.9. The van der Waals surface area contributed by atoms with E-state index in [1.807, 2.05) is 6.92 Å². The first-order valence-corrected chi connectivity index (χ1v) is 10.1. The van der Waals surface area contributed by atoms with Gasteiger partial charge < -0.3 is 20.1 Å². The van der Waals surface area contributed by atoms with Gasteiger partial charge in [0.25, 0.3) is 11.8 Å². The Labute approximate surface area is 172 Å². The summed E-state index contributed by atoms with van der Waals surface area (Å²) in [5, 5.41) is 5.55. The molecule has 6 nitrogen and oxygen atoms in total. The van der Waals surface area contributed by atoms with Gasteiger partial charge >= 0.3 is 0 Å². The van der Waals surface area contributed by atoms with E-state index >= 15 is 0 Å². The first kappa shape index (κ1) is 20.4. The molecule has 2 amide bonds. The van der Waals surface area contributed by atoms with E-state index in [0.717, 1.165) is 19.4 Å². The van der Waals surface area contributed by atoms with Gasteiger partial charge in [0, 0.05) is 18.7 Å². The molecule has 1 aliphatic heterocycles. The molecule has 1 aliphatic rings. The molecule has 0 spiro atoms. The maximum atomic E-state index is 12.7. The summed E-state index contributed by atoms with van der Waals surface area (Å²) in [6, 6.07) is 12.1. The monoisotopic (exact) mass is 446 g/mol. The van der Waals surface area contributed by atoms with Crippen molar-refractivity contribution < 1.29 is 19.1 Å². The highest BCUT2D eigenvalue weighted by atomic mass is 79.9. The number of nitrogens with one attached hydrogen (secondary N) is 2. The molecule has 1 unspecified atom stereocenters. The zero-order chi connectivity index (χ0) is 19.9. The molecule has 2 aromatic rings. The van der Waals surface area contributed by atoms with E-state index in [1.165, 1.54) is 0 Å². The molecular formula is C21H23BrN2O4. The Hall–Kier alpha value is -2.38. The molecule has 28 heavy (non-hydrogen) atoms. The Morgan fingerprint density at radius 1 is 1.21 bits per heavy atom. The predicted octanol–water partition coefficient (Wildman–Crippen LogP) is 4.01. The Morgan fingerprint density at radius 3 is 2.75 bits per heavy atom. The maximum Gasteiger partial charge on any atom is 0.255 e. The van der Waals surface area contributed by atoms with Crippen molar-refractivity contribution >= 4 is 33.4 Å². The van der Waals surface area contributed by atoms with Crippen molar-refractivity contribution in [3.05, 3.63) is 58.1 Å². The molecule has 1 atom stereocenters. The Morgan fingerprint density at radius 2 is 2.04 bits per heavy atom. The largest absolute Gasteiger partial charge is 0.490 e. The van der Waals surface area contributed by atoms with Crippen LogP contribution < -0.4 is 15.4 Å². The molecule has 0 radical (unpaired) electrons. The Balaban J connectivity index is 1.68. The third kappa shape index (κ3) is 5.11. The van der Waals surface area contributed by atoms with Gasteiger partial charge in [-0.15, -0.1) is 0 Å². The van der Waals surface area contributed by atoms with E-state index in [2.05, 4.69) is 26.6 Å². The van der Waals surface area contributed by atoms with Crippen molar-refractivity contribution in [2.24, 2.45) is 0 Å². The van der Waals surface area contributed by atoms with Crippen LogP contribution >= 0.6 is 15.9 Å². The number of ether oxygens (including phenoxy) is 2. The number of hydrogen-bond acceptors (Lipinski definition) is 4. The molecule has 2 aromatic carbocycles. The number of halogens is 1. The van der Waals surface area contributed by atoms with Crippen LogP contribution in [0.15, 0.2) is 46.9 Å². The molecule has 0 aromatic heterocycles. The van der Waals surface area contributed by atoms with Crippen LogP contribution in [-0.4, -0.2) is 37.7 Å². The smallest absolute Gasteiger partial charge is 0.255 e. The van der Waals surface area contributed by atoms with Gasteiger partial charge in [-0.05, 0) is 66.0 Å². The van der Waals surface area contributed by atoms with Gasteiger partial charge in [0.15, 0.2) is 0 Å². The van der Waals surface area contributed by atoms with Crippen LogP contribution in [0.4, 0.5) is 5.69 Å². The summed E-state index contributed by atoms with van der Waals surface area (Å²) >= 11 is 3.46. The summed E-state index contributed by atoms with van der Waals surface area (Å²) in [4.78, 5) is 24.8. The molecular weight excluding hydrogens is 424 g/mol. The number of amides is 2. The molecule has 1 fully saturated rings. The minimum atomic E-state index is -0.303. The summed E-state index contributed by atoms with van der Waals surface area (Å²) in [6.07, 6.45) is 2.19. The predicted molar refractivity (Wildman–Crippen MR) is 111 cm³/mol. The number of carbonyl (C=O) groups is 2. The fraction of sp³-hybridized carbons (Fsp3) is 0.333. The van der Waals surface area contributed by atoms with Crippen LogP contribution in [0.25, 0.3) is 0 Å². The van der Waals surface area contributed by atoms with Crippen molar-refractivity contribution in [2.75, 3.05) is 25.1 Å². The van der Waals surface area contributed by atoms with E-state index in [0.29, 0.717) is 40.2 Å². The quantitative estimate of drug-likeness (QED) is 0.673. The van der Waals surface area contributed by atoms with Gasteiger partial charge in [-0.1, -0.05) is 12.1 Å². The number of benzene rings is 2. The topological polar surface area (TPSA) is 76.7 Å². The van der Waals surface area contributed by atoms with Gasteiger partial charge in [-0.3, -0.25) is 9.59 Å². The molecule has 1 heterocycles. The van der Waals surface area contributed by atoms with Crippen molar-refractivity contribution in [3.8, 4) is 5.75 Å². The van der Waals surface area contributed by atoms with Crippen LogP contribution in [0.3, 0.4) is 0 Å². The third-order valence-corrected chi connectivity index (χ3v) is 5.02. The first-order valence-electron chi connectivity index (χ1n) is 9.31. The minimum Gasteiger partial charge on any atom is -0.490 e. The molecule has 3 rings (SSSR count). The molecule has 7 heteroatoms. The summed E-state index contributed by atoms with van der Waals surface area (Å²) in [5.41, 5.74) is 1.35. The zero-order valence-electron chi connectivity index (χ0n) is 15.7. The van der Waals surface area contributed by atoms with Crippen LogP contribution in [0.2, 0.25) is 0 Å². The molecule has 0 aliphatic carbocycles. The fourth-order valence-corrected chi connectivity index (χ4v) is 3.45. The number of carbonyl (C=O) groups excluding carboxylic acids is 2. The molecule has 0 bridgehead atoms. The second kappa shape index (κ2) is 9.71. The second-order valence-electron chi connectivity index (χ2n) is 6.45. The first-order chi connectivity index (χ1) is 13.6. The average molecular weight is 447 g/mol. The molecule has 148 valence electrons. The van der Waals surface area contributed by atoms with Crippen LogP contribution in [0, 0.1) is 0 Å². The number of hydrogen-bond donors (Lipinski definition) is 2. The lowest BCUT2D eigenvalue weighted by atomic mass is 10.1. The Kier molecular flexibility index (Phi) is 7.06. The van der Waals surface area contributed by atoms with Crippen LogP contribution in [0.1, 0.15) is 40.5 Å². The van der Waals surface area contributed by atoms with Crippen LogP contribution in [0.5, 0.6) is 5.75 Å². The number of anilines is 1. The van der Waals surface area contributed by atoms with Crippen molar-refractivity contribution in [2.45, 2.75) is 25.9 Å². The van der Waals surface area contributed by atoms with E-state index in [-0.39, 0.29) is 17.9 Å². The second-order valence-corrected chi connectivity index (χ2v) is 7.30. The SMILES string of the molecule is CCNC(=O)c1ccccc1NC(=O)c1ccc(OCC2CCCO2)c(Br)c1. The van der Waals surface area contributed by atoms with Gasteiger partial charge in [-0.2, -0.15) is 0 Å². The molecule has 2 N–H and O–H groups in total. The average Bonchev–Trinajstić information content (AvgIpc) is 3.21. The number of rotatable bonds is 7. The van der Waals surface area contributed by atoms with E-state index in [1.54, 1.807) is 42.5 Å². The van der Waals surface area contributed by atoms with Gasteiger partial charge in [0.2, 0.25) is 0 Å². The highest BCUT2D eigenvalue weighted by molar-refractivity contribution is 9.10. The van der Waals surface area contributed by atoms with E-state index in [4.69, 9.17) is 9.47 Å². The lowest BCUT2D eigenvalue weighted by Gasteiger charge is -2.14. The van der Waals surface area contributed by atoms with E-state index < -0.39 is 0 Å². The lowest BCUT2D eigenvalue weighted by molar-refractivity contribution is 0.0677.